The first kappa shape index (κ1) is 22.6. The van der Waals surface area contributed by atoms with Crippen molar-refractivity contribution in [3.8, 4) is 5.75 Å². The van der Waals surface area contributed by atoms with Gasteiger partial charge in [0.25, 0.3) is 0 Å². The lowest BCUT2D eigenvalue weighted by Gasteiger charge is -2.26. The van der Waals surface area contributed by atoms with E-state index in [2.05, 4.69) is 15.1 Å². The van der Waals surface area contributed by atoms with Crippen molar-refractivity contribution in [2.45, 2.75) is 57.4 Å². The highest BCUT2D eigenvalue weighted by Crippen LogP contribution is 2.31. The molecule has 8 heteroatoms. The van der Waals surface area contributed by atoms with E-state index in [4.69, 9.17) is 19.4 Å². The second-order valence-electron chi connectivity index (χ2n) is 9.53. The molecule has 4 heterocycles. The van der Waals surface area contributed by atoms with Gasteiger partial charge >= 0.3 is 0 Å². The molecule has 2 aromatic rings. The molecule has 33 heavy (non-hydrogen) atoms. The Morgan fingerprint density at radius 3 is 2.64 bits per heavy atom. The molecular formula is C25H36FN5O2. The Labute approximate surface area is 195 Å². The zero-order valence-electron chi connectivity index (χ0n) is 19.5. The quantitative estimate of drug-likeness (QED) is 0.596. The zero-order valence-corrected chi connectivity index (χ0v) is 19.5. The smallest absolute Gasteiger partial charge is 0.227 e. The molecule has 3 aliphatic rings. The van der Waals surface area contributed by atoms with Crippen LogP contribution in [0.15, 0.2) is 12.1 Å². The van der Waals surface area contributed by atoms with E-state index in [1.165, 1.54) is 38.4 Å². The lowest BCUT2D eigenvalue weighted by molar-refractivity contribution is 0.0875. The van der Waals surface area contributed by atoms with Crippen LogP contribution in [0.1, 0.15) is 51.4 Å². The van der Waals surface area contributed by atoms with Crippen molar-refractivity contribution in [2.75, 3.05) is 62.8 Å². The van der Waals surface area contributed by atoms with Gasteiger partial charge in [0.2, 0.25) is 5.95 Å². The summed E-state index contributed by atoms with van der Waals surface area (Å²) in [5.41, 5.74) is 0.721. The van der Waals surface area contributed by atoms with Gasteiger partial charge in [0.15, 0.2) is 11.6 Å². The lowest BCUT2D eigenvalue weighted by atomic mass is 10.1. The van der Waals surface area contributed by atoms with Gasteiger partial charge in [-0.25, -0.2) is 9.37 Å². The number of ether oxygens (including phenoxy) is 2. The average Bonchev–Trinajstić information content (AvgIpc) is 3.39. The minimum atomic E-state index is -0.360. The molecule has 0 spiro atoms. The van der Waals surface area contributed by atoms with Crippen LogP contribution in [0.25, 0.3) is 10.9 Å². The van der Waals surface area contributed by atoms with E-state index in [0.29, 0.717) is 30.4 Å². The van der Waals surface area contributed by atoms with Crippen LogP contribution < -0.4 is 15.0 Å². The summed E-state index contributed by atoms with van der Waals surface area (Å²) >= 11 is 0. The number of piperidine rings is 1. The van der Waals surface area contributed by atoms with Gasteiger partial charge in [-0.1, -0.05) is 6.42 Å². The van der Waals surface area contributed by atoms with Gasteiger partial charge in [0.05, 0.1) is 24.8 Å². The third kappa shape index (κ3) is 5.66. The van der Waals surface area contributed by atoms with E-state index in [0.717, 1.165) is 63.9 Å². The molecule has 1 atom stereocenters. The second kappa shape index (κ2) is 10.8. The van der Waals surface area contributed by atoms with Crippen LogP contribution in [0.2, 0.25) is 0 Å². The van der Waals surface area contributed by atoms with Crippen molar-refractivity contribution in [3.05, 3.63) is 17.9 Å². The average molecular weight is 458 g/mol. The number of halogens is 1. The number of hydrogen-bond acceptors (Lipinski definition) is 7. The molecule has 0 radical (unpaired) electrons. The van der Waals surface area contributed by atoms with Crippen molar-refractivity contribution >= 4 is 22.7 Å². The topological polar surface area (TPSA) is 62.8 Å². The Morgan fingerprint density at radius 2 is 1.85 bits per heavy atom. The number of rotatable bonds is 8. The molecule has 0 saturated carbocycles. The first-order chi connectivity index (χ1) is 16.3. The molecule has 0 bridgehead atoms. The molecule has 1 N–H and O–H groups in total. The fourth-order valence-corrected chi connectivity index (χ4v) is 5.10. The van der Waals surface area contributed by atoms with Crippen LogP contribution >= 0.6 is 0 Å². The molecule has 7 nitrogen and oxygen atoms in total. The van der Waals surface area contributed by atoms with Crippen molar-refractivity contribution in [3.63, 3.8) is 0 Å². The highest BCUT2D eigenvalue weighted by atomic mass is 19.1. The Balaban J connectivity index is 1.34. The van der Waals surface area contributed by atoms with Crippen LogP contribution in [0.4, 0.5) is 16.2 Å². The number of likely N-dealkylation sites (tertiary alicyclic amines) is 1. The first-order valence-electron chi connectivity index (χ1n) is 12.7. The molecule has 0 aliphatic carbocycles. The zero-order chi connectivity index (χ0) is 22.5. The third-order valence-corrected chi connectivity index (χ3v) is 6.95. The number of nitrogens with one attached hydrogen (secondary N) is 1. The number of aromatic nitrogens is 2. The van der Waals surface area contributed by atoms with Crippen molar-refractivity contribution in [1.82, 2.24) is 14.9 Å². The van der Waals surface area contributed by atoms with Crippen molar-refractivity contribution < 1.29 is 13.9 Å². The van der Waals surface area contributed by atoms with Crippen LogP contribution in [0.5, 0.6) is 5.75 Å². The normalized spacial score (nSPS) is 22.1. The Hall–Kier alpha value is -2.19. The maximum Gasteiger partial charge on any atom is 0.227 e. The number of benzene rings is 1. The van der Waals surface area contributed by atoms with Gasteiger partial charge in [-0.2, -0.15) is 4.98 Å². The molecule has 1 aromatic carbocycles. The van der Waals surface area contributed by atoms with E-state index in [-0.39, 0.29) is 17.6 Å². The monoisotopic (exact) mass is 457 g/mol. The number of anilines is 2. The molecular weight excluding hydrogens is 421 g/mol. The van der Waals surface area contributed by atoms with Gasteiger partial charge in [-0.05, 0) is 64.1 Å². The number of nitrogens with zero attached hydrogens (tertiary/aromatic N) is 4. The van der Waals surface area contributed by atoms with E-state index in [9.17, 15) is 0 Å². The highest BCUT2D eigenvalue weighted by Gasteiger charge is 2.22. The van der Waals surface area contributed by atoms with Gasteiger partial charge in [0.1, 0.15) is 5.82 Å². The molecule has 3 fully saturated rings. The Morgan fingerprint density at radius 1 is 1.03 bits per heavy atom. The summed E-state index contributed by atoms with van der Waals surface area (Å²) < 4.78 is 26.5. The Kier molecular flexibility index (Phi) is 7.41. The first-order valence-corrected chi connectivity index (χ1v) is 12.7. The summed E-state index contributed by atoms with van der Waals surface area (Å²) in [4.78, 5) is 14.3. The highest BCUT2D eigenvalue weighted by molar-refractivity contribution is 5.91. The summed E-state index contributed by atoms with van der Waals surface area (Å²) in [6.07, 6.45) is 9.13. The van der Waals surface area contributed by atoms with Crippen molar-refractivity contribution in [2.24, 2.45) is 0 Å². The van der Waals surface area contributed by atoms with E-state index < -0.39 is 0 Å². The van der Waals surface area contributed by atoms with Crippen LogP contribution in [-0.4, -0.2) is 73.5 Å². The fraction of sp³-hybridized carbons (Fsp3) is 0.680. The molecule has 180 valence electrons. The summed E-state index contributed by atoms with van der Waals surface area (Å²) in [7, 11) is 0. The van der Waals surface area contributed by atoms with Crippen LogP contribution in [0, 0.1) is 5.82 Å². The largest absolute Gasteiger partial charge is 0.490 e. The number of fused-ring (bicyclic) bond motifs is 1. The third-order valence-electron chi connectivity index (χ3n) is 6.95. The summed E-state index contributed by atoms with van der Waals surface area (Å²) in [5, 5.41) is 4.20. The predicted molar refractivity (Wildman–Crippen MR) is 129 cm³/mol. The minimum Gasteiger partial charge on any atom is -0.490 e. The van der Waals surface area contributed by atoms with Gasteiger partial charge < -0.3 is 24.6 Å². The van der Waals surface area contributed by atoms with Crippen LogP contribution in [-0.2, 0) is 4.74 Å². The number of hydrogen-bond donors (Lipinski definition) is 1. The predicted octanol–water partition coefficient (Wildman–Crippen LogP) is 4.21. The standard InChI is InChI=1S/C25H36FN5O2/c26-21-16-20-22(17-23(21)33-15-7-11-30-9-2-1-3-10-30)28-25(31-12-4-5-13-31)29-24(20)27-19-8-6-14-32-18-19/h16-17,19H,1-15,18H2,(H,27,28,29). The summed E-state index contributed by atoms with van der Waals surface area (Å²) in [5.74, 6) is 1.31. The minimum absolute atomic E-state index is 0.178. The van der Waals surface area contributed by atoms with Gasteiger partial charge in [-0.3, -0.25) is 0 Å². The maximum absolute atomic E-state index is 15.0. The SMILES string of the molecule is Fc1cc2c(NC3CCCOC3)nc(N3CCCC3)nc2cc1OCCCN1CCCCC1. The summed E-state index contributed by atoms with van der Waals surface area (Å²) in [6.45, 7) is 7.21. The molecule has 3 aliphatic heterocycles. The Bertz CT molecular complexity index is 925. The summed E-state index contributed by atoms with van der Waals surface area (Å²) in [6, 6.07) is 3.45. The molecule has 1 aromatic heterocycles. The van der Waals surface area contributed by atoms with Gasteiger partial charge in [-0.15, -0.1) is 0 Å². The molecule has 5 rings (SSSR count). The fourth-order valence-electron chi connectivity index (χ4n) is 5.10. The van der Waals surface area contributed by atoms with E-state index >= 15 is 4.39 Å². The molecule has 1 unspecified atom stereocenters. The maximum atomic E-state index is 15.0. The molecule has 3 saturated heterocycles. The van der Waals surface area contributed by atoms with E-state index in [1.807, 2.05) is 0 Å². The second-order valence-corrected chi connectivity index (χ2v) is 9.53. The lowest BCUT2D eigenvalue weighted by Crippen LogP contribution is -2.31. The molecule has 0 amide bonds. The van der Waals surface area contributed by atoms with Gasteiger partial charge in [0, 0.05) is 37.7 Å². The van der Waals surface area contributed by atoms with E-state index in [1.54, 1.807) is 6.07 Å². The van der Waals surface area contributed by atoms with Crippen molar-refractivity contribution in [1.29, 1.82) is 0 Å². The van der Waals surface area contributed by atoms with Crippen LogP contribution in [0.3, 0.4) is 0 Å².